The van der Waals surface area contributed by atoms with E-state index in [-0.39, 0.29) is 5.69 Å². The average molecular weight is 418 g/mol. The minimum Gasteiger partial charge on any atom is -0.293 e. The summed E-state index contributed by atoms with van der Waals surface area (Å²) >= 11 is 0. The first-order valence-corrected chi connectivity index (χ1v) is 10.2. The third-order valence-electron chi connectivity index (χ3n) is 5.74. The topological polar surface area (TPSA) is 70.5 Å². The number of nitrogens with zero attached hydrogens (tertiary/aromatic N) is 6. The summed E-state index contributed by atoms with van der Waals surface area (Å²) in [6.07, 6.45) is 8.96. The molecule has 154 valence electrons. The summed E-state index contributed by atoms with van der Waals surface area (Å²) in [5, 5.41) is 5.22. The Morgan fingerprint density at radius 2 is 1.75 bits per heavy atom. The van der Waals surface area contributed by atoms with Gasteiger partial charge in [0, 0.05) is 42.8 Å². The third kappa shape index (κ3) is 2.75. The molecule has 0 atom stereocenters. The summed E-state index contributed by atoms with van der Waals surface area (Å²) in [5.74, 6) is 0. The van der Waals surface area contributed by atoms with Gasteiger partial charge in [-0.15, -0.1) is 0 Å². The van der Waals surface area contributed by atoms with Crippen LogP contribution in [-0.2, 0) is 7.05 Å². The van der Waals surface area contributed by atoms with Gasteiger partial charge in [0.05, 0.1) is 34.1 Å². The lowest BCUT2D eigenvalue weighted by atomic mass is 10.0. The maximum absolute atomic E-state index is 13.4. The van der Waals surface area contributed by atoms with Gasteiger partial charge in [-0.05, 0) is 48.0 Å². The van der Waals surface area contributed by atoms with Gasteiger partial charge >= 0.3 is 5.69 Å². The Hall–Kier alpha value is -4.52. The van der Waals surface area contributed by atoms with E-state index in [1.165, 1.54) is 0 Å². The van der Waals surface area contributed by atoms with Crippen molar-refractivity contribution < 1.29 is 0 Å². The van der Waals surface area contributed by atoms with Crippen LogP contribution in [0.25, 0.3) is 44.4 Å². The molecule has 0 saturated carbocycles. The molecular formula is C25H18N6O. The minimum absolute atomic E-state index is 0.126. The van der Waals surface area contributed by atoms with Crippen molar-refractivity contribution in [3.63, 3.8) is 0 Å². The van der Waals surface area contributed by atoms with Crippen molar-refractivity contribution in [2.75, 3.05) is 0 Å². The molecule has 0 N–H and O–H groups in total. The number of hydrogen-bond acceptors (Lipinski definition) is 4. The van der Waals surface area contributed by atoms with E-state index in [9.17, 15) is 4.79 Å². The molecule has 4 aromatic heterocycles. The van der Waals surface area contributed by atoms with Crippen LogP contribution in [0.4, 0.5) is 0 Å². The quantitative estimate of drug-likeness (QED) is 0.433. The van der Waals surface area contributed by atoms with E-state index in [0.29, 0.717) is 0 Å². The van der Waals surface area contributed by atoms with Gasteiger partial charge in [-0.25, -0.2) is 9.48 Å². The van der Waals surface area contributed by atoms with E-state index in [0.717, 1.165) is 44.4 Å². The van der Waals surface area contributed by atoms with E-state index >= 15 is 0 Å². The van der Waals surface area contributed by atoms with Crippen LogP contribution in [0.2, 0.25) is 0 Å². The van der Waals surface area contributed by atoms with E-state index in [4.69, 9.17) is 0 Å². The maximum Gasteiger partial charge on any atom is 0.333 e. The van der Waals surface area contributed by atoms with Crippen molar-refractivity contribution >= 4 is 21.9 Å². The molecule has 0 spiro atoms. The molecule has 0 aliphatic rings. The van der Waals surface area contributed by atoms with Gasteiger partial charge in [0.1, 0.15) is 0 Å². The van der Waals surface area contributed by atoms with Gasteiger partial charge in [-0.3, -0.25) is 19.1 Å². The molecule has 32 heavy (non-hydrogen) atoms. The largest absolute Gasteiger partial charge is 0.333 e. The summed E-state index contributed by atoms with van der Waals surface area (Å²) in [6, 6.07) is 19.7. The smallest absolute Gasteiger partial charge is 0.293 e. The predicted octanol–water partition coefficient (Wildman–Crippen LogP) is 4.13. The van der Waals surface area contributed by atoms with Crippen LogP contribution in [0.1, 0.15) is 0 Å². The highest BCUT2D eigenvalue weighted by atomic mass is 16.1. The first kappa shape index (κ1) is 18.3. The summed E-state index contributed by atoms with van der Waals surface area (Å²) in [5.41, 5.74) is 5.98. The summed E-state index contributed by atoms with van der Waals surface area (Å²) in [4.78, 5) is 22.2. The monoisotopic (exact) mass is 418 g/mol. The highest BCUT2D eigenvalue weighted by Gasteiger charge is 2.17. The van der Waals surface area contributed by atoms with E-state index in [2.05, 4.69) is 21.1 Å². The maximum atomic E-state index is 13.4. The average Bonchev–Trinajstić information content (AvgIpc) is 3.47. The Balaban J connectivity index is 1.67. The van der Waals surface area contributed by atoms with Crippen molar-refractivity contribution in [3.8, 4) is 22.5 Å². The molecule has 7 nitrogen and oxygen atoms in total. The second-order valence-electron chi connectivity index (χ2n) is 7.61. The number of fused-ring (bicyclic) bond motifs is 3. The van der Waals surface area contributed by atoms with E-state index in [1.807, 2.05) is 67.0 Å². The fourth-order valence-corrected chi connectivity index (χ4v) is 4.15. The van der Waals surface area contributed by atoms with Gasteiger partial charge in [0.15, 0.2) is 0 Å². The molecule has 4 heterocycles. The number of benzene rings is 2. The Labute approximate surface area is 182 Å². The van der Waals surface area contributed by atoms with Crippen molar-refractivity contribution in [2.45, 2.75) is 0 Å². The lowest BCUT2D eigenvalue weighted by Crippen LogP contribution is -2.21. The summed E-state index contributed by atoms with van der Waals surface area (Å²) in [6.45, 7) is 0. The van der Waals surface area contributed by atoms with Crippen LogP contribution in [0.15, 0.2) is 96.4 Å². The molecule has 0 radical (unpaired) electrons. The number of pyridine rings is 2. The number of aromatic nitrogens is 6. The van der Waals surface area contributed by atoms with Crippen LogP contribution in [0.3, 0.4) is 0 Å². The molecule has 6 aromatic rings. The highest BCUT2D eigenvalue weighted by molar-refractivity contribution is 6.04. The predicted molar refractivity (Wildman–Crippen MR) is 124 cm³/mol. The van der Waals surface area contributed by atoms with Crippen LogP contribution in [0.5, 0.6) is 0 Å². The van der Waals surface area contributed by atoms with Crippen LogP contribution < -0.4 is 5.69 Å². The summed E-state index contributed by atoms with van der Waals surface area (Å²) < 4.78 is 5.16. The van der Waals surface area contributed by atoms with Crippen molar-refractivity contribution in [1.29, 1.82) is 0 Å². The molecule has 2 aromatic carbocycles. The molecule has 6 rings (SSSR count). The lowest BCUT2D eigenvalue weighted by molar-refractivity contribution is 0.841. The fourth-order valence-electron chi connectivity index (χ4n) is 4.15. The Morgan fingerprint density at radius 3 is 2.56 bits per heavy atom. The second kappa shape index (κ2) is 7.02. The van der Waals surface area contributed by atoms with Crippen molar-refractivity contribution in [1.82, 2.24) is 28.9 Å². The zero-order valence-corrected chi connectivity index (χ0v) is 17.3. The van der Waals surface area contributed by atoms with E-state index < -0.39 is 0 Å². The number of hydrogen-bond donors (Lipinski definition) is 0. The molecule has 0 amide bonds. The van der Waals surface area contributed by atoms with Crippen molar-refractivity contribution in [3.05, 3.63) is 102 Å². The van der Waals surface area contributed by atoms with Gasteiger partial charge in [0.2, 0.25) is 0 Å². The molecule has 0 fully saturated rings. The zero-order chi connectivity index (χ0) is 21.7. The first-order chi connectivity index (χ1) is 15.7. The standard InChI is InChI=1S/C25H18N6O/c1-29-23-16-27-22-9-8-17(18-5-3-10-26-15-18)13-21(22)24(23)31(25(29)32)20-7-2-6-19(14-20)30-12-4-11-28-30/h2-16H,1H3. The van der Waals surface area contributed by atoms with Crippen LogP contribution >= 0.6 is 0 Å². The van der Waals surface area contributed by atoms with Crippen LogP contribution in [-0.4, -0.2) is 28.9 Å². The molecular weight excluding hydrogens is 400 g/mol. The molecule has 0 bridgehead atoms. The molecule has 0 unspecified atom stereocenters. The lowest BCUT2D eigenvalue weighted by Gasteiger charge is -2.09. The Morgan fingerprint density at radius 1 is 0.844 bits per heavy atom. The fraction of sp³-hybridized carbons (Fsp3) is 0.0400. The first-order valence-electron chi connectivity index (χ1n) is 10.2. The van der Waals surface area contributed by atoms with Gasteiger partial charge in [0.25, 0.3) is 0 Å². The number of imidazole rings is 1. The number of aryl methyl sites for hydroxylation is 1. The Bertz CT molecular complexity index is 1650. The Kier molecular flexibility index (Phi) is 4.01. The normalized spacial score (nSPS) is 11.4. The van der Waals surface area contributed by atoms with Crippen molar-refractivity contribution in [2.24, 2.45) is 7.05 Å². The number of rotatable bonds is 3. The third-order valence-corrected chi connectivity index (χ3v) is 5.74. The van der Waals surface area contributed by atoms with Gasteiger partial charge in [-0.1, -0.05) is 18.2 Å². The molecule has 7 heteroatoms. The molecule has 0 aliphatic carbocycles. The molecule has 0 saturated heterocycles. The second-order valence-corrected chi connectivity index (χ2v) is 7.61. The van der Waals surface area contributed by atoms with Gasteiger partial charge < -0.3 is 0 Å². The summed E-state index contributed by atoms with van der Waals surface area (Å²) in [7, 11) is 1.77. The molecule has 0 aliphatic heterocycles. The van der Waals surface area contributed by atoms with E-state index in [1.54, 1.807) is 39.5 Å². The van der Waals surface area contributed by atoms with Crippen LogP contribution in [0, 0.1) is 0 Å². The van der Waals surface area contributed by atoms with Gasteiger partial charge in [-0.2, -0.15) is 5.10 Å². The SMILES string of the molecule is Cn1c(=O)n(-c2cccc(-n3cccn3)c2)c2c3cc(-c4cccnc4)ccc3ncc21. The highest BCUT2D eigenvalue weighted by Crippen LogP contribution is 2.29. The minimum atomic E-state index is -0.126. The zero-order valence-electron chi connectivity index (χ0n) is 17.3.